The molecule has 0 aliphatic heterocycles. The molecule has 2 aromatic rings. The Morgan fingerprint density at radius 3 is 2.50 bits per heavy atom. The highest BCUT2D eigenvalue weighted by atomic mass is 16.6. The van der Waals surface area contributed by atoms with Gasteiger partial charge in [-0.2, -0.15) is 5.10 Å². The van der Waals surface area contributed by atoms with E-state index in [1.165, 1.54) is 47.1 Å². The highest BCUT2D eigenvalue weighted by molar-refractivity contribution is 5.99. The van der Waals surface area contributed by atoms with Crippen LogP contribution in [-0.2, 0) is 11.8 Å². The van der Waals surface area contributed by atoms with Gasteiger partial charge >= 0.3 is 5.97 Å². The summed E-state index contributed by atoms with van der Waals surface area (Å²) in [6.45, 7) is 0.0722. The second-order valence-electron chi connectivity index (χ2n) is 5.24. The Morgan fingerprint density at radius 1 is 1.33 bits per heavy atom. The van der Waals surface area contributed by atoms with Gasteiger partial charge in [0.1, 0.15) is 5.69 Å². The minimum absolute atomic E-state index is 0.0545. The first-order valence-corrected chi connectivity index (χ1v) is 7.05. The van der Waals surface area contributed by atoms with E-state index in [1.54, 1.807) is 7.05 Å². The van der Waals surface area contributed by atoms with E-state index in [4.69, 9.17) is 5.11 Å². The number of hydrogen-bond acceptors (Lipinski definition) is 5. The van der Waals surface area contributed by atoms with Crippen molar-refractivity contribution < 1.29 is 19.6 Å². The van der Waals surface area contributed by atoms with Crippen LogP contribution in [0.25, 0.3) is 11.3 Å². The zero-order chi connectivity index (χ0) is 17.9. The van der Waals surface area contributed by atoms with Crippen molar-refractivity contribution in [3.05, 3.63) is 46.1 Å². The minimum atomic E-state index is -0.989. The van der Waals surface area contributed by atoms with Gasteiger partial charge < -0.3 is 10.0 Å². The third kappa shape index (κ3) is 3.75. The second kappa shape index (κ2) is 6.90. The molecule has 0 bridgehead atoms. The lowest BCUT2D eigenvalue weighted by molar-refractivity contribution is -0.384. The number of carbonyl (C=O) groups is 2. The van der Waals surface area contributed by atoms with Crippen molar-refractivity contribution in [2.24, 2.45) is 7.05 Å². The van der Waals surface area contributed by atoms with Crippen LogP contribution >= 0.6 is 0 Å². The number of benzene rings is 1. The molecule has 0 saturated carbocycles. The summed E-state index contributed by atoms with van der Waals surface area (Å²) in [7, 11) is 3.17. The summed E-state index contributed by atoms with van der Waals surface area (Å²) >= 11 is 0. The number of hydrogen-bond donors (Lipinski definition) is 1. The van der Waals surface area contributed by atoms with Crippen molar-refractivity contribution in [1.29, 1.82) is 0 Å². The van der Waals surface area contributed by atoms with Crippen LogP contribution in [0.2, 0.25) is 0 Å². The molecule has 126 valence electrons. The fourth-order valence-electron chi connectivity index (χ4n) is 2.17. The highest BCUT2D eigenvalue weighted by Crippen LogP contribution is 2.25. The van der Waals surface area contributed by atoms with E-state index >= 15 is 0 Å². The number of aromatic nitrogens is 2. The normalized spacial score (nSPS) is 10.4. The number of amides is 1. The number of aryl methyl sites for hydroxylation is 1. The Balaban J connectivity index is 2.31. The molecule has 1 N–H and O–H groups in total. The van der Waals surface area contributed by atoms with Gasteiger partial charge in [-0.25, -0.2) is 0 Å². The number of carbonyl (C=O) groups excluding carboxylic acids is 1. The van der Waals surface area contributed by atoms with Crippen LogP contribution in [0.5, 0.6) is 0 Å². The molecular formula is C15H16N4O5. The van der Waals surface area contributed by atoms with Gasteiger partial charge in [-0.15, -0.1) is 0 Å². The third-order valence-electron chi connectivity index (χ3n) is 3.42. The lowest BCUT2D eigenvalue weighted by atomic mass is 10.1. The average Bonchev–Trinajstić information content (AvgIpc) is 2.93. The van der Waals surface area contributed by atoms with Gasteiger partial charge in [-0.05, 0) is 12.1 Å². The molecule has 24 heavy (non-hydrogen) atoms. The SMILES string of the molecule is CN(CCC(=O)O)C(=O)c1cn(C)nc1-c1ccc([N+](=O)[O-])cc1. The molecule has 0 unspecified atom stereocenters. The molecule has 0 saturated heterocycles. The first-order chi connectivity index (χ1) is 11.3. The average molecular weight is 332 g/mol. The predicted molar refractivity (Wildman–Crippen MR) is 84.5 cm³/mol. The Bertz CT molecular complexity index is 782. The van der Waals surface area contributed by atoms with Crippen LogP contribution in [-0.4, -0.2) is 50.2 Å². The summed E-state index contributed by atoms with van der Waals surface area (Å²) in [5, 5.41) is 23.7. The van der Waals surface area contributed by atoms with E-state index in [0.717, 1.165) is 0 Å². The maximum atomic E-state index is 12.5. The predicted octanol–water partition coefficient (Wildman–Crippen LogP) is 1.54. The van der Waals surface area contributed by atoms with Gasteiger partial charge in [0.25, 0.3) is 11.6 Å². The van der Waals surface area contributed by atoms with E-state index in [1.807, 2.05) is 0 Å². The number of nitro benzene ring substituents is 1. The minimum Gasteiger partial charge on any atom is -0.481 e. The smallest absolute Gasteiger partial charge is 0.305 e. The number of rotatable bonds is 6. The van der Waals surface area contributed by atoms with Crippen molar-refractivity contribution in [2.75, 3.05) is 13.6 Å². The first kappa shape index (κ1) is 17.1. The first-order valence-electron chi connectivity index (χ1n) is 7.05. The zero-order valence-corrected chi connectivity index (χ0v) is 13.2. The molecule has 1 heterocycles. The largest absolute Gasteiger partial charge is 0.481 e. The number of aliphatic carboxylic acids is 1. The number of carboxylic acid groups (broad SMARTS) is 1. The summed E-state index contributed by atoms with van der Waals surface area (Å²) in [6.07, 6.45) is 1.38. The van der Waals surface area contributed by atoms with Crippen LogP contribution < -0.4 is 0 Å². The van der Waals surface area contributed by atoms with Crippen LogP contribution in [0, 0.1) is 10.1 Å². The Labute approximate surface area is 137 Å². The fraction of sp³-hybridized carbons (Fsp3) is 0.267. The quantitative estimate of drug-likeness (QED) is 0.633. The number of nitro groups is 1. The maximum Gasteiger partial charge on any atom is 0.305 e. The molecule has 2 rings (SSSR count). The Hall–Kier alpha value is -3.23. The summed E-state index contributed by atoms with van der Waals surface area (Å²) in [5.41, 5.74) is 1.20. The standard InChI is InChI=1S/C15H16N4O5/c1-17(8-7-13(20)21)15(22)12-9-18(2)16-14(12)10-3-5-11(6-4-10)19(23)24/h3-6,9H,7-8H2,1-2H3,(H,20,21). The van der Waals surface area contributed by atoms with E-state index in [2.05, 4.69) is 5.10 Å². The van der Waals surface area contributed by atoms with Crippen LogP contribution in [0.3, 0.4) is 0 Å². The summed E-state index contributed by atoms with van der Waals surface area (Å²) in [5.74, 6) is -1.35. The van der Waals surface area contributed by atoms with Gasteiger partial charge in [-0.1, -0.05) is 0 Å². The van der Waals surface area contributed by atoms with E-state index in [9.17, 15) is 19.7 Å². The maximum absolute atomic E-state index is 12.5. The van der Waals surface area contributed by atoms with Crippen LogP contribution in [0.15, 0.2) is 30.5 Å². The molecule has 1 amide bonds. The molecule has 9 nitrogen and oxygen atoms in total. The van der Waals surface area contributed by atoms with Crippen molar-refractivity contribution in [2.45, 2.75) is 6.42 Å². The Kier molecular flexibility index (Phi) is 4.93. The van der Waals surface area contributed by atoms with Crippen molar-refractivity contribution >= 4 is 17.6 Å². The lowest BCUT2D eigenvalue weighted by Gasteiger charge is -2.15. The van der Waals surface area contributed by atoms with Crippen LogP contribution in [0.4, 0.5) is 5.69 Å². The van der Waals surface area contributed by atoms with E-state index in [-0.39, 0.29) is 24.6 Å². The van der Waals surface area contributed by atoms with Gasteiger partial charge in [0.2, 0.25) is 0 Å². The topological polar surface area (TPSA) is 119 Å². The van der Waals surface area contributed by atoms with Crippen molar-refractivity contribution in [3.63, 3.8) is 0 Å². The molecule has 0 atom stereocenters. The highest BCUT2D eigenvalue weighted by Gasteiger charge is 2.21. The lowest BCUT2D eigenvalue weighted by Crippen LogP contribution is -2.29. The van der Waals surface area contributed by atoms with Crippen molar-refractivity contribution in [1.82, 2.24) is 14.7 Å². The summed E-state index contributed by atoms with van der Waals surface area (Å²) in [6, 6.07) is 5.72. The van der Waals surface area contributed by atoms with E-state index in [0.29, 0.717) is 16.8 Å². The molecule has 0 fully saturated rings. The molecular weight excluding hydrogens is 316 g/mol. The fourth-order valence-corrected chi connectivity index (χ4v) is 2.17. The molecule has 1 aromatic heterocycles. The molecule has 9 heteroatoms. The molecule has 1 aromatic carbocycles. The van der Waals surface area contributed by atoms with E-state index < -0.39 is 10.9 Å². The monoisotopic (exact) mass is 332 g/mol. The zero-order valence-electron chi connectivity index (χ0n) is 13.2. The van der Waals surface area contributed by atoms with Gasteiger partial charge in [0, 0.05) is 44.5 Å². The Morgan fingerprint density at radius 2 is 1.96 bits per heavy atom. The van der Waals surface area contributed by atoms with Gasteiger partial charge in [0.15, 0.2) is 0 Å². The summed E-state index contributed by atoms with van der Waals surface area (Å²) < 4.78 is 1.47. The number of non-ortho nitro benzene ring substituents is 1. The number of carboxylic acids is 1. The summed E-state index contributed by atoms with van der Waals surface area (Å²) in [4.78, 5) is 34.7. The second-order valence-corrected chi connectivity index (χ2v) is 5.24. The molecule has 0 aliphatic rings. The van der Waals surface area contributed by atoms with Gasteiger partial charge in [0.05, 0.1) is 16.9 Å². The van der Waals surface area contributed by atoms with Gasteiger partial charge in [-0.3, -0.25) is 24.4 Å². The molecule has 0 spiro atoms. The van der Waals surface area contributed by atoms with Crippen molar-refractivity contribution in [3.8, 4) is 11.3 Å². The molecule has 0 radical (unpaired) electrons. The van der Waals surface area contributed by atoms with Crippen LogP contribution in [0.1, 0.15) is 16.8 Å². The third-order valence-corrected chi connectivity index (χ3v) is 3.42. The number of nitrogens with zero attached hydrogens (tertiary/aromatic N) is 4. The molecule has 0 aliphatic carbocycles.